The highest BCUT2D eigenvalue weighted by atomic mass is 79.9. The molecular formula is C12H12BrClFNO. The van der Waals surface area contributed by atoms with E-state index in [-0.39, 0.29) is 16.1 Å². The van der Waals surface area contributed by atoms with Crippen LogP contribution in [-0.4, -0.2) is 16.8 Å². The zero-order valence-corrected chi connectivity index (χ0v) is 11.4. The molecule has 0 heterocycles. The maximum Gasteiger partial charge on any atom is 0.256 e. The molecule has 1 saturated carbocycles. The molecule has 0 aliphatic heterocycles. The molecule has 17 heavy (non-hydrogen) atoms. The highest BCUT2D eigenvalue weighted by Crippen LogP contribution is 2.34. The normalized spacial score (nSPS) is 17.4. The minimum absolute atomic E-state index is 0.0682. The molecule has 1 amide bonds. The number of carbonyl (C=O) groups excluding carboxylic acids is 1. The van der Waals surface area contributed by atoms with E-state index in [1.54, 1.807) is 0 Å². The van der Waals surface area contributed by atoms with Crippen molar-refractivity contribution in [2.45, 2.75) is 24.8 Å². The summed E-state index contributed by atoms with van der Waals surface area (Å²) in [6.45, 7) is 0. The molecule has 1 aromatic carbocycles. The number of amides is 1. The highest BCUT2D eigenvalue weighted by Gasteiger charge is 2.38. The summed E-state index contributed by atoms with van der Waals surface area (Å²) in [5.41, 5.74) is -0.302. The third kappa shape index (κ3) is 2.47. The van der Waals surface area contributed by atoms with Crippen molar-refractivity contribution >= 4 is 33.4 Å². The van der Waals surface area contributed by atoms with E-state index >= 15 is 0 Å². The third-order valence-electron chi connectivity index (χ3n) is 3.13. The van der Waals surface area contributed by atoms with Gasteiger partial charge in [0.1, 0.15) is 5.82 Å². The predicted molar refractivity (Wildman–Crippen MR) is 69.3 cm³/mol. The zero-order chi connectivity index (χ0) is 12.5. The number of benzene rings is 1. The fourth-order valence-corrected chi connectivity index (χ4v) is 2.86. The second-order valence-corrected chi connectivity index (χ2v) is 5.29. The first kappa shape index (κ1) is 12.8. The van der Waals surface area contributed by atoms with E-state index in [1.165, 1.54) is 18.2 Å². The Hall–Kier alpha value is -0.610. The molecular weight excluding hydrogens is 308 g/mol. The van der Waals surface area contributed by atoms with Crippen LogP contribution in [0.5, 0.6) is 0 Å². The molecule has 0 unspecified atom stereocenters. The van der Waals surface area contributed by atoms with Gasteiger partial charge in [-0.1, -0.05) is 33.6 Å². The number of hydrogen-bond acceptors (Lipinski definition) is 1. The number of nitrogens with one attached hydrogen (secondary N) is 1. The lowest BCUT2D eigenvalue weighted by Gasteiger charge is -2.41. The van der Waals surface area contributed by atoms with Crippen LogP contribution in [0.3, 0.4) is 0 Å². The summed E-state index contributed by atoms with van der Waals surface area (Å²) in [6.07, 6.45) is 2.91. The van der Waals surface area contributed by atoms with E-state index in [0.29, 0.717) is 5.33 Å². The van der Waals surface area contributed by atoms with Gasteiger partial charge in [0, 0.05) is 5.33 Å². The SMILES string of the molecule is O=C(NC1(CBr)CCC1)c1c(F)cccc1Cl. The van der Waals surface area contributed by atoms with Gasteiger partial charge in [0.05, 0.1) is 16.1 Å². The van der Waals surface area contributed by atoms with Gasteiger partial charge < -0.3 is 5.32 Å². The maximum atomic E-state index is 13.5. The maximum absolute atomic E-state index is 13.5. The van der Waals surface area contributed by atoms with Crippen LogP contribution >= 0.6 is 27.5 Å². The van der Waals surface area contributed by atoms with Crippen molar-refractivity contribution in [3.63, 3.8) is 0 Å². The number of carbonyl (C=O) groups is 1. The Balaban J connectivity index is 2.20. The van der Waals surface area contributed by atoms with E-state index in [9.17, 15) is 9.18 Å². The van der Waals surface area contributed by atoms with Crippen molar-refractivity contribution in [1.29, 1.82) is 0 Å². The average molecular weight is 321 g/mol. The Morgan fingerprint density at radius 3 is 2.71 bits per heavy atom. The van der Waals surface area contributed by atoms with Gasteiger partial charge in [-0.25, -0.2) is 4.39 Å². The Labute approximate surface area is 113 Å². The van der Waals surface area contributed by atoms with Gasteiger partial charge in [-0.3, -0.25) is 4.79 Å². The molecule has 0 radical (unpaired) electrons. The second-order valence-electron chi connectivity index (χ2n) is 4.32. The molecule has 0 atom stereocenters. The Morgan fingerprint density at radius 1 is 1.53 bits per heavy atom. The van der Waals surface area contributed by atoms with Crippen molar-refractivity contribution < 1.29 is 9.18 Å². The smallest absolute Gasteiger partial charge is 0.256 e. The monoisotopic (exact) mass is 319 g/mol. The summed E-state index contributed by atoms with van der Waals surface area (Å²) in [7, 11) is 0. The lowest BCUT2D eigenvalue weighted by atomic mass is 9.78. The summed E-state index contributed by atoms with van der Waals surface area (Å²) in [5, 5.41) is 3.69. The Bertz CT molecular complexity index is 422. The van der Waals surface area contributed by atoms with E-state index < -0.39 is 11.7 Å². The van der Waals surface area contributed by atoms with Crippen molar-refractivity contribution in [3.8, 4) is 0 Å². The molecule has 1 aliphatic rings. The topological polar surface area (TPSA) is 29.1 Å². The quantitative estimate of drug-likeness (QED) is 0.848. The number of hydrogen-bond donors (Lipinski definition) is 1. The molecule has 1 N–H and O–H groups in total. The van der Waals surface area contributed by atoms with Crippen LogP contribution in [0.4, 0.5) is 4.39 Å². The van der Waals surface area contributed by atoms with Crippen LogP contribution in [0, 0.1) is 5.82 Å². The zero-order valence-electron chi connectivity index (χ0n) is 9.10. The van der Waals surface area contributed by atoms with Gasteiger partial charge in [0.2, 0.25) is 0 Å². The van der Waals surface area contributed by atoms with Gasteiger partial charge in [0.25, 0.3) is 5.91 Å². The first-order valence-corrected chi connectivity index (χ1v) is 6.90. The Morgan fingerprint density at radius 2 is 2.24 bits per heavy atom. The van der Waals surface area contributed by atoms with Gasteiger partial charge in [-0.15, -0.1) is 0 Å². The first-order chi connectivity index (χ1) is 8.08. The minimum atomic E-state index is -0.584. The molecule has 0 saturated heterocycles. The van der Waals surface area contributed by atoms with Crippen LogP contribution in [0.2, 0.25) is 5.02 Å². The number of alkyl halides is 1. The largest absolute Gasteiger partial charge is 0.346 e. The van der Waals surface area contributed by atoms with Crippen LogP contribution < -0.4 is 5.32 Å². The van der Waals surface area contributed by atoms with E-state index in [0.717, 1.165) is 19.3 Å². The fourth-order valence-electron chi connectivity index (χ4n) is 1.91. The van der Waals surface area contributed by atoms with Crippen LogP contribution in [0.25, 0.3) is 0 Å². The molecule has 2 nitrogen and oxygen atoms in total. The van der Waals surface area contributed by atoms with Gasteiger partial charge in [0.15, 0.2) is 0 Å². The molecule has 92 valence electrons. The van der Waals surface area contributed by atoms with Gasteiger partial charge >= 0.3 is 0 Å². The average Bonchev–Trinajstić information content (AvgIpc) is 2.23. The molecule has 0 spiro atoms. The molecule has 2 rings (SSSR count). The van der Waals surface area contributed by atoms with Crippen molar-refractivity contribution in [2.24, 2.45) is 0 Å². The predicted octanol–water partition coefficient (Wildman–Crippen LogP) is 3.53. The van der Waals surface area contributed by atoms with E-state index in [1.807, 2.05) is 0 Å². The molecule has 1 aromatic rings. The summed E-state index contributed by atoms with van der Waals surface area (Å²) in [6, 6.07) is 4.24. The standard InChI is InChI=1S/C12H12BrClFNO/c13-7-12(5-2-6-12)16-11(17)10-8(14)3-1-4-9(10)15/h1,3-4H,2,5-7H2,(H,16,17). The van der Waals surface area contributed by atoms with Crippen molar-refractivity contribution in [1.82, 2.24) is 5.32 Å². The van der Waals surface area contributed by atoms with Crippen LogP contribution in [0.15, 0.2) is 18.2 Å². The summed E-state index contributed by atoms with van der Waals surface area (Å²) in [5.74, 6) is -1.02. The molecule has 1 fully saturated rings. The van der Waals surface area contributed by atoms with Crippen LogP contribution in [-0.2, 0) is 0 Å². The third-order valence-corrected chi connectivity index (χ3v) is 4.52. The minimum Gasteiger partial charge on any atom is -0.346 e. The first-order valence-electron chi connectivity index (χ1n) is 5.40. The van der Waals surface area contributed by atoms with Crippen molar-refractivity contribution in [3.05, 3.63) is 34.6 Å². The Kier molecular flexibility index (Phi) is 3.73. The summed E-state index contributed by atoms with van der Waals surface area (Å²) >= 11 is 9.23. The second kappa shape index (κ2) is 4.94. The highest BCUT2D eigenvalue weighted by molar-refractivity contribution is 9.09. The van der Waals surface area contributed by atoms with Gasteiger partial charge in [-0.2, -0.15) is 0 Å². The number of rotatable bonds is 3. The summed E-state index contributed by atoms with van der Waals surface area (Å²) < 4.78 is 13.5. The lowest BCUT2D eigenvalue weighted by molar-refractivity contribution is 0.0852. The summed E-state index contributed by atoms with van der Waals surface area (Å²) in [4.78, 5) is 12.0. The molecule has 5 heteroatoms. The van der Waals surface area contributed by atoms with Gasteiger partial charge in [-0.05, 0) is 31.4 Å². The van der Waals surface area contributed by atoms with Crippen LogP contribution in [0.1, 0.15) is 29.6 Å². The number of halogens is 3. The fraction of sp³-hybridized carbons (Fsp3) is 0.417. The molecule has 0 bridgehead atoms. The van der Waals surface area contributed by atoms with E-state index in [2.05, 4.69) is 21.2 Å². The van der Waals surface area contributed by atoms with E-state index in [4.69, 9.17) is 11.6 Å². The van der Waals surface area contributed by atoms with Crippen molar-refractivity contribution in [2.75, 3.05) is 5.33 Å². The molecule has 1 aliphatic carbocycles. The lowest BCUT2D eigenvalue weighted by Crippen LogP contribution is -2.55. The molecule has 0 aromatic heterocycles.